The van der Waals surface area contributed by atoms with Crippen molar-refractivity contribution in [3.8, 4) is 5.75 Å². The van der Waals surface area contributed by atoms with Crippen LogP contribution < -0.4 is 0 Å². The summed E-state index contributed by atoms with van der Waals surface area (Å²) in [7, 11) is 0. The quantitative estimate of drug-likeness (QED) is 0.391. The SMILES string of the molecule is CC=CC(OC(=O)c1ccccc1O)=C(C)C(C)=O. The molecule has 0 heterocycles. The molecule has 100 valence electrons. The first-order valence-corrected chi connectivity index (χ1v) is 5.82. The van der Waals surface area contributed by atoms with Gasteiger partial charge < -0.3 is 9.84 Å². The van der Waals surface area contributed by atoms with E-state index < -0.39 is 5.97 Å². The largest absolute Gasteiger partial charge is 0.507 e. The van der Waals surface area contributed by atoms with Gasteiger partial charge in [0.15, 0.2) is 5.78 Å². The van der Waals surface area contributed by atoms with Crippen molar-refractivity contribution in [3.05, 3.63) is 53.3 Å². The summed E-state index contributed by atoms with van der Waals surface area (Å²) in [5.74, 6) is -0.860. The lowest BCUT2D eigenvalue weighted by atomic mass is 10.1. The highest BCUT2D eigenvalue weighted by atomic mass is 16.5. The van der Waals surface area contributed by atoms with Crippen LogP contribution in [0.15, 0.2) is 47.7 Å². The summed E-state index contributed by atoms with van der Waals surface area (Å²) in [6.07, 6.45) is 3.20. The van der Waals surface area contributed by atoms with Gasteiger partial charge in [0, 0.05) is 5.57 Å². The highest BCUT2D eigenvalue weighted by Crippen LogP contribution is 2.19. The molecule has 0 spiro atoms. The Kier molecular flexibility index (Phi) is 5.06. The smallest absolute Gasteiger partial charge is 0.347 e. The molecule has 0 saturated carbocycles. The van der Waals surface area contributed by atoms with Crippen LogP contribution >= 0.6 is 0 Å². The van der Waals surface area contributed by atoms with Crippen LogP contribution in [0.5, 0.6) is 5.75 Å². The second kappa shape index (κ2) is 6.54. The maximum absolute atomic E-state index is 11.9. The first-order valence-electron chi connectivity index (χ1n) is 5.82. The number of phenols is 1. The number of carbonyl (C=O) groups is 2. The minimum atomic E-state index is -0.702. The zero-order valence-electron chi connectivity index (χ0n) is 11.1. The molecule has 1 N–H and O–H groups in total. The molecule has 0 aliphatic carbocycles. The van der Waals surface area contributed by atoms with Crippen LogP contribution in [0.4, 0.5) is 0 Å². The van der Waals surface area contributed by atoms with E-state index >= 15 is 0 Å². The van der Waals surface area contributed by atoms with E-state index in [1.54, 1.807) is 32.1 Å². The summed E-state index contributed by atoms with van der Waals surface area (Å²) in [4.78, 5) is 23.2. The number of para-hydroxylation sites is 1. The van der Waals surface area contributed by atoms with E-state index in [0.29, 0.717) is 5.57 Å². The average molecular weight is 260 g/mol. The summed E-state index contributed by atoms with van der Waals surface area (Å²) in [5, 5.41) is 9.57. The van der Waals surface area contributed by atoms with Crippen molar-refractivity contribution in [1.82, 2.24) is 0 Å². The van der Waals surface area contributed by atoms with Crippen LogP contribution in [-0.4, -0.2) is 16.9 Å². The van der Waals surface area contributed by atoms with Gasteiger partial charge in [-0.05, 0) is 39.0 Å². The van der Waals surface area contributed by atoms with Gasteiger partial charge in [0.2, 0.25) is 0 Å². The molecule has 0 radical (unpaired) electrons. The molecule has 4 nitrogen and oxygen atoms in total. The standard InChI is InChI=1S/C15H16O4/c1-4-7-14(10(2)11(3)16)19-15(18)12-8-5-6-9-13(12)17/h4-9,17H,1-3H3. The zero-order chi connectivity index (χ0) is 14.4. The number of benzene rings is 1. The predicted octanol–water partition coefficient (Wildman–Crippen LogP) is 2.99. The van der Waals surface area contributed by atoms with Gasteiger partial charge in [-0.15, -0.1) is 0 Å². The van der Waals surface area contributed by atoms with E-state index in [9.17, 15) is 14.7 Å². The maximum Gasteiger partial charge on any atom is 0.347 e. The van der Waals surface area contributed by atoms with Gasteiger partial charge in [-0.2, -0.15) is 0 Å². The fourth-order valence-corrected chi connectivity index (χ4v) is 1.36. The summed E-state index contributed by atoms with van der Waals surface area (Å²) in [6, 6.07) is 6.07. The Balaban J connectivity index is 3.06. The van der Waals surface area contributed by atoms with Gasteiger partial charge in [-0.3, -0.25) is 4.79 Å². The van der Waals surface area contributed by atoms with E-state index in [4.69, 9.17) is 4.74 Å². The Morgan fingerprint density at radius 2 is 1.84 bits per heavy atom. The Labute approximate surface area is 112 Å². The average Bonchev–Trinajstić information content (AvgIpc) is 2.37. The minimum absolute atomic E-state index is 0.0563. The lowest BCUT2D eigenvalue weighted by Gasteiger charge is -2.08. The zero-order valence-corrected chi connectivity index (χ0v) is 11.1. The molecular formula is C15H16O4. The number of carbonyl (C=O) groups excluding carboxylic acids is 2. The van der Waals surface area contributed by atoms with Crippen LogP contribution in [0.25, 0.3) is 0 Å². The number of aromatic hydroxyl groups is 1. The molecule has 0 saturated heterocycles. The number of phenolic OH excluding ortho intramolecular Hbond substituents is 1. The molecule has 0 atom stereocenters. The number of rotatable bonds is 4. The van der Waals surface area contributed by atoms with Crippen molar-refractivity contribution >= 4 is 11.8 Å². The third-order valence-corrected chi connectivity index (χ3v) is 2.54. The normalized spacial score (nSPS) is 12.2. The summed E-state index contributed by atoms with van der Waals surface area (Å²) < 4.78 is 5.15. The van der Waals surface area contributed by atoms with Crippen LogP contribution in [0.2, 0.25) is 0 Å². The van der Waals surface area contributed by atoms with Gasteiger partial charge >= 0.3 is 5.97 Å². The van der Waals surface area contributed by atoms with Crippen molar-refractivity contribution in [1.29, 1.82) is 0 Å². The number of allylic oxidation sites excluding steroid dienone is 3. The number of Topliss-reactive ketones (excluding diaryl/α,β-unsaturated/α-hetero) is 1. The number of ketones is 1. The number of ether oxygens (including phenoxy) is 1. The van der Waals surface area contributed by atoms with Crippen molar-refractivity contribution in [2.75, 3.05) is 0 Å². The van der Waals surface area contributed by atoms with Crippen molar-refractivity contribution in [2.24, 2.45) is 0 Å². The molecule has 0 aromatic heterocycles. The van der Waals surface area contributed by atoms with E-state index in [1.807, 2.05) is 0 Å². The predicted molar refractivity (Wildman–Crippen MR) is 71.7 cm³/mol. The van der Waals surface area contributed by atoms with Crippen LogP contribution in [0.3, 0.4) is 0 Å². The van der Waals surface area contributed by atoms with Crippen LogP contribution in [0, 0.1) is 0 Å². The number of esters is 1. The summed E-state index contributed by atoms with van der Waals surface area (Å²) in [5.41, 5.74) is 0.405. The van der Waals surface area contributed by atoms with E-state index in [0.717, 1.165) is 0 Å². The fraction of sp³-hybridized carbons (Fsp3) is 0.200. The molecule has 1 aromatic carbocycles. The topological polar surface area (TPSA) is 63.6 Å². The van der Waals surface area contributed by atoms with E-state index in [1.165, 1.54) is 25.1 Å². The molecule has 0 amide bonds. The fourth-order valence-electron chi connectivity index (χ4n) is 1.36. The molecule has 0 aliphatic heterocycles. The molecule has 0 unspecified atom stereocenters. The Hall–Kier alpha value is -2.36. The first-order chi connectivity index (χ1) is 8.97. The molecule has 1 aromatic rings. The molecule has 19 heavy (non-hydrogen) atoms. The maximum atomic E-state index is 11.9. The van der Waals surface area contributed by atoms with Gasteiger partial charge in [0.25, 0.3) is 0 Å². The summed E-state index contributed by atoms with van der Waals surface area (Å²) in [6.45, 7) is 4.73. The second-order valence-corrected chi connectivity index (χ2v) is 3.95. The Morgan fingerprint density at radius 3 is 2.37 bits per heavy atom. The molecule has 0 bridgehead atoms. The van der Waals surface area contributed by atoms with Crippen LogP contribution in [0.1, 0.15) is 31.1 Å². The highest BCUT2D eigenvalue weighted by molar-refractivity contribution is 5.96. The van der Waals surface area contributed by atoms with E-state index in [-0.39, 0.29) is 22.9 Å². The van der Waals surface area contributed by atoms with E-state index in [2.05, 4.69) is 0 Å². The third kappa shape index (κ3) is 3.81. The van der Waals surface area contributed by atoms with Crippen molar-refractivity contribution in [2.45, 2.75) is 20.8 Å². The Bertz CT molecular complexity index is 553. The van der Waals surface area contributed by atoms with Gasteiger partial charge in [0.05, 0.1) is 0 Å². The van der Waals surface area contributed by atoms with Crippen molar-refractivity contribution < 1.29 is 19.4 Å². The number of hydrogen-bond acceptors (Lipinski definition) is 4. The third-order valence-electron chi connectivity index (χ3n) is 2.54. The molecule has 0 aliphatic rings. The number of hydrogen-bond donors (Lipinski definition) is 1. The van der Waals surface area contributed by atoms with Gasteiger partial charge in [-0.1, -0.05) is 18.2 Å². The summed E-state index contributed by atoms with van der Waals surface area (Å²) >= 11 is 0. The highest BCUT2D eigenvalue weighted by Gasteiger charge is 2.15. The lowest BCUT2D eigenvalue weighted by Crippen LogP contribution is -2.08. The van der Waals surface area contributed by atoms with Crippen LogP contribution in [-0.2, 0) is 9.53 Å². The lowest BCUT2D eigenvalue weighted by molar-refractivity contribution is -0.113. The second-order valence-electron chi connectivity index (χ2n) is 3.95. The Morgan fingerprint density at radius 1 is 1.21 bits per heavy atom. The monoisotopic (exact) mass is 260 g/mol. The molecule has 1 rings (SSSR count). The minimum Gasteiger partial charge on any atom is -0.507 e. The molecular weight excluding hydrogens is 244 g/mol. The first kappa shape index (κ1) is 14.7. The van der Waals surface area contributed by atoms with Crippen molar-refractivity contribution in [3.63, 3.8) is 0 Å². The van der Waals surface area contributed by atoms with Gasteiger partial charge in [-0.25, -0.2) is 4.79 Å². The molecule has 4 heteroatoms. The molecule has 0 fully saturated rings. The van der Waals surface area contributed by atoms with Gasteiger partial charge in [0.1, 0.15) is 17.1 Å².